The number of carbonyl (C=O) groups is 1. The zero-order valence-electron chi connectivity index (χ0n) is 19.8. The Morgan fingerprint density at radius 1 is 1.00 bits per heavy atom. The maximum absolute atomic E-state index is 14.9. The molecule has 0 radical (unpaired) electrons. The first kappa shape index (κ1) is 27.0. The Kier molecular flexibility index (Phi) is 7.39. The average Bonchev–Trinajstić information content (AvgIpc) is 3.35. The van der Waals surface area contributed by atoms with Crippen LogP contribution in [0.3, 0.4) is 0 Å². The number of halogens is 7. The number of fused-ring (bicyclic) bond motifs is 1. The number of esters is 1. The van der Waals surface area contributed by atoms with E-state index in [9.17, 15) is 35.5 Å². The fourth-order valence-electron chi connectivity index (χ4n) is 4.11. The number of carbonyl (C=O) groups excluding carboxylic acids is 1. The van der Waals surface area contributed by atoms with Crippen LogP contribution < -0.4 is 10.1 Å². The molecule has 1 unspecified atom stereocenters. The van der Waals surface area contributed by atoms with Crippen LogP contribution in [-0.2, 0) is 27.7 Å². The molecule has 1 atom stereocenters. The highest BCUT2D eigenvalue weighted by atomic mass is 19.4. The summed E-state index contributed by atoms with van der Waals surface area (Å²) in [6, 6.07) is 12.3. The van der Waals surface area contributed by atoms with Crippen molar-refractivity contribution in [1.82, 2.24) is 0 Å². The summed E-state index contributed by atoms with van der Waals surface area (Å²) in [7, 11) is 0. The zero-order valence-corrected chi connectivity index (χ0v) is 19.8. The van der Waals surface area contributed by atoms with Crippen LogP contribution in [0.1, 0.15) is 29.2 Å². The van der Waals surface area contributed by atoms with E-state index < -0.39 is 52.2 Å². The van der Waals surface area contributed by atoms with Crippen LogP contribution in [0, 0.1) is 23.3 Å². The monoisotopic (exact) mass is 539 g/mol. The lowest BCUT2D eigenvalue weighted by atomic mass is 9.87. The minimum atomic E-state index is -5.72. The van der Waals surface area contributed by atoms with Crippen molar-refractivity contribution in [1.29, 1.82) is 0 Å². The van der Waals surface area contributed by atoms with Crippen molar-refractivity contribution in [2.75, 3.05) is 18.5 Å². The Bertz CT molecular complexity index is 1360. The van der Waals surface area contributed by atoms with E-state index in [-0.39, 0.29) is 12.2 Å². The van der Waals surface area contributed by atoms with Gasteiger partial charge >= 0.3 is 12.1 Å². The first-order valence-electron chi connectivity index (χ1n) is 11.4. The van der Waals surface area contributed by atoms with E-state index >= 15 is 0 Å². The minimum Gasteiger partial charge on any atom is -0.493 e. The van der Waals surface area contributed by atoms with Crippen molar-refractivity contribution in [3.05, 3.63) is 100 Å². The molecule has 0 amide bonds. The highest BCUT2D eigenvalue weighted by molar-refractivity contribution is 5.90. The number of anilines is 1. The van der Waals surface area contributed by atoms with E-state index in [4.69, 9.17) is 9.47 Å². The third kappa shape index (κ3) is 4.92. The standard InChI is InChI=1S/C27H20F7NO3/c1-2-37-25(36)26(17-6-4-3-5-7-17,12-10-15-8-9-18-16(14-15)11-13-38-18)35-24-22(30)20(28)19(27(32,33)34)21(29)23(24)31/h3-10,12,14,35H,2,11,13H2,1H3/b12-10+. The lowest BCUT2D eigenvalue weighted by Gasteiger charge is -2.32. The van der Waals surface area contributed by atoms with Crippen LogP contribution >= 0.6 is 0 Å². The van der Waals surface area contributed by atoms with Gasteiger partial charge in [-0.05, 0) is 41.8 Å². The van der Waals surface area contributed by atoms with Crippen molar-refractivity contribution in [3.8, 4) is 5.75 Å². The summed E-state index contributed by atoms with van der Waals surface area (Å²) in [5, 5.41) is 2.13. The molecule has 1 aliphatic heterocycles. The Morgan fingerprint density at radius 2 is 1.66 bits per heavy atom. The number of rotatable bonds is 7. The van der Waals surface area contributed by atoms with E-state index in [1.54, 1.807) is 24.3 Å². The van der Waals surface area contributed by atoms with E-state index in [2.05, 4.69) is 5.32 Å². The predicted octanol–water partition coefficient (Wildman–Crippen LogP) is 6.78. The summed E-state index contributed by atoms with van der Waals surface area (Å²) in [6.07, 6.45) is -2.53. The molecule has 38 heavy (non-hydrogen) atoms. The summed E-state index contributed by atoms with van der Waals surface area (Å²) >= 11 is 0. The fraction of sp³-hybridized carbons (Fsp3) is 0.222. The molecular formula is C27H20F7NO3. The van der Waals surface area contributed by atoms with E-state index in [1.807, 2.05) is 0 Å². The first-order valence-corrected chi connectivity index (χ1v) is 11.4. The van der Waals surface area contributed by atoms with Gasteiger partial charge in [0.2, 0.25) is 0 Å². The van der Waals surface area contributed by atoms with Crippen molar-refractivity contribution in [2.45, 2.75) is 25.1 Å². The van der Waals surface area contributed by atoms with Crippen LogP contribution in [-0.4, -0.2) is 19.2 Å². The number of hydrogen-bond acceptors (Lipinski definition) is 4. The molecule has 1 N–H and O–H groups in total. The van der Waals surface area contributed by atoms with Gasteiger partial charge in [-0.2, -0.15) is 13.2 Å². The molecule has 0 aromatic heterocycles. The second-order valence-electron chi connectivity index (χ2n) is 8.32. The number of hydrogen-bond donors (Lipinski definition) is 1. The molecular weight excluding hydrogens is 519 g/mol. The molecule has 0 bridgehead atoms. The molecule has 11 heteroatoms. The number of alkyl halides is 3. The Balaban J connectivity index is 1.92. The van der Waals surface area contributed by atoms with E-state index in [1.165, 1.54) is 37.3 Å². The SMILES string of the molecule is CCOC(=O)C(/C=C/c1ccc2c(c1)CCO2)(Nc1c(F)c(F)c(C(F)(F)F)c(F)c1F)c1ccccc1. The molecule has 3 aromatic rings. The van der Waals surface area contributed by atoms with Gasteiger partial charge in [-0.15, -0.1) is 0 Å². The number of benzene rings is 3. The third-order valence-electron chi connectivity index (χ3n) is 5.93. The van der Waals surface area contributed by atoms with Gasteiger partial charge in [-0.1, -0.05) is 42.5 Å². The molecule has 0 saturated heterocycles. The van der Waals surface area contributed by atoms with Gasteiger partial charge in [0.25, 0.3) is 0 Å². The predicted molar refractivity (Wildman–Crippen MR) is 124 cm³/mol. The quantitative estimate of drug-likeness (QED) is 0.204. The summed E-state index contributed by atoms with van der Waals surface area (Å²) in [4.78, 5) is 13.3. The Morgan fingerprint density at radius 3 is 2.26 bits per heavy atom. The molecule has 3 aromatic carbocycles. The smallest absolute Gasteiger partial charge is 0.422 e. The second kappa shape index (κ2) is 10.4. The van der Waals surface area contributed by atoms with Gasteiger partial charge in [-0.3, -0.25) is 0 Å². The first-order chi connectivity index (χ1) is 18.0. The Hall–Kier alpha value is -4.02. The highest BCUT2D eigenvalue weighted by Gasteiger charge is 2.46. The summed E-state index contributed by atoms with van der Waals surface area (Å²) in [6.45, 7) is 1.74. The third-order valence-corrected chi connectivity index (χ3v) is 5.93. The van der Waals surface area contributed by atoms with Crippen LogP contribution in [0.25, 0.3) is 6.08 Å². The van der Waals surface area contributed by atoms with E-state index in [0.29, 0.717) is 24.3 Å². The van der Waals surface area contributed by atoms with Crippen LogP contribution in [0.2, 0.25) is 0 Å². The molecule has 0 fully saturated rings. The molecule has 0 spiro atoms. The zero-order chi connectivity index (χ0) is 27.7. The maximum atomic E-state index is 14.9. The number of nitrogens with one attached hydrogen (secondary N) is 1. The summed E-state index contributed by atoms with van der Waals surface area (Å²) in [5.41, 5.74) is -5.23. The van der Waals surface area contributed by atoms with Gasteiger partial charge in [0.05, 0.1) is 13.2 Å². The van der Waals surface area contributed by atoms with Crippen molar-refractivity contribution in [3.63, 3.8) is 0 Å². The summed E-state index contributed by atoms with van der Waals surface area (Å²) < 4.78 is 109. The van der Waals surface area contributed by atoms with Crippen LogP contribution in [0.4, 0.5) is 36.4 Å². The average molecular weight is 539 g/mol. The Labute approximate surface area is 212 Å². The van der Waals surface area contributed by atoms with Gasteiger partial charge in [0, 0.05) is 6.42 Å². The van der Waals surface area contributed by atoms with Gasteiger partial charge in [0.1, 0.15) is 17.0 Å². The summed E-state index contributed by atoms with van der Waals surface area (Å²) in [5.74, 6) is -10.5. The van der Waals surface area contributed by atoms with Crippen molar-refractivity contribution < 1.29 is 45.0 Å². The normalized spacial score (nSPS) is 14.6. The molecule has 4 rings (SSSR count). The highest BCUT2D eigenvalue weighted by Crippen LogP contribution is 2.41. The maximum Gasteiger partial charge on any atom is 0.422 e. The lowest BCUT2D eigenvalue weighted by Crippen LogP contribution is -2.44. The van der Waals surface area contributed by atoms with E-state index in [0.717, 1.165) is 11.6 Å². The molecule has 1 heterocycles. The lowest BCUT2D eigenvalue weighted by molar-refractivity contribution is -0.147. The van der Waals surface area contributed by atoms with Crippen LogP contribution in [0.5, 0.6) is 5.75 Å². The van der Waals surface area contributed by atoms with Crippen LogP contribution in [0.15, 0.2) is 54.6 Å². The molecule has 200 valence electrons. The largest absolute Gasteiger partial charge is 0.493 e. The fourth-order valence-corrected chi connectivity index (χ4v) is 4.11. The van der Waals surface area contributed by atoms with Crippen molar-refractivity contribution >= 4 is 17.7 Å². The minimum absolute atomic E-state index is 0.0266. The molecule has 1 aliphatic rings. The van der Waals surface area contributed by atoms with Crippen molar-refractivity contribution in [2.24, 2.45) is 0 Å². The van der Waals surface area contributed by atoms with Gasteiger partial charge in [0.15, 0.2) is 28.8 Å². The molecule has 4 nitrogen and oxygen atoms in total. The van der Waals surface area contributed by atoms with Gasteiger partial charge < -0.3 is 14.8 Å². The molecule has 0 saturated carbocycles. The number of ether oxygens (including phenoxy) is 2. The van der Waals surface area contributed by atoms with Gasteiger partial charge in [-0.25, -0.2) is 22.4 Å². The topological polar surface area (TPSA) is 47.6 Å². The second-order valence-corrected chi connectivity index (χ2v) is 8.32. The molecule has 0 aliphatic carbocycles.